The van der Waals surface area contributed by atoms with Gasteiger partial charge in [-0.1, -0.05) is 23.2 Å². The van der Waals surface area contributed by atoms with E-state index in [9.17, 15) is 13.2 Å². The van der Waals surface area contributed by atoms with Gasteiger partial charge < -0.3 is 5.32 Å². The first-order chi connectivity index (χ1) is 9.38. The summed E-state index contributed by atoms with van der Waals surface area (Å²) in [6, 6.07) is 0. The molecule has 0 aromatic heterocycles. The Labute approximate surface area is 129 Å². The van der Waals surface area contributed by atoms with Crippen molar-refractivity contribution in [3.63, 3.8) is 0 Å². The largest absolute Gasteiger partial charge is 0.356 e. The zero-order valence-electron chi connectivity index (χ0n) is 11.0. The minimum Gasteiger partial charge on any atom is -0.356 e. The molecular formula is C12H18Cl2N2O3S. The fourth-order valence-corrected chi connectivity index (χ4v) is 4.60. The van der Waals surface area contributed by atoms with E-state index in [2.05, 4.69) is 5.32 Å². The number of amides is 1. The van der Waals surface area contributed by atoms with Gasteiger partial charge >= 0.3 is 0 Å². The van der Waals surface area contributed by atoms with E-state index in [-0.39, 0.29) is 28.0 Å². The number of carbonyl (C=O) groups excluding carboxylic acids is 1. The molecule has 0 spiro atoms. The summed E-state index contributed by atoms with van der Waals surface area (Å²) in [5.74, 6) is 0.372. The molecule has 0 radical (unpaired) electrons. The number of rotatable bonds is 4. The Morgan fingerprint density at radius 2 is 2.15 bits per heavy atom. The summed E-state index contributed by atoms with van der Waals surface area (Å²) in [5.41, 5.74) is 0. The van der Waals surface area contributed by atoms with Gasteiger partial charge in [0.05, 0.1) is 5.75 Å². The van der Waals surface area contributed by atoms with Crippen molar-refractivity contribution in [3.8, 4) is 0 Å². The van der Waals surface area contributed by atoms with Crippen molar-refractivity contribution >= 4 is 39.1 Å². The van der Waals surface area contributed by atoms with Crippen LogP contribution in [0.5, 0.6) is 0 Å². The second-order valence-electron chi connectivity index (χ2n) is 5.30. The van der Waals surface area contributed by atoms with Crippen LogP contribution in [-0.4, -0.2) is 44.0 Å². The van der Waals surface area contributed by atoms with E-state index in [4.69, 9.17) is 23.2 Å². The summed E-state index contributed by atoms with van der Waals surface area (Å²) in [5, 5.41) is 2.81. The van der Waals surface area contributed by atoms with Crippen LogP contribution in [0.1, 0.15) is 19.3 Å². The topological polar surface area (TPSA) is 66.5 Å². The molecule has 0 aromatic rings. The van der Waals surface area contributed by atoms with E-state index in [1.54, 1.807) is 0 Å². The van der Waals surface area contributed by atoms with Crippen molar-refractivity contribution in [1.29, 1.82) is 0 Å². The van der Waals surface area contributed by atoms with Crippen LogP contribution in [0.25, 0.3) is 0 Å². The predicted octanol–water partition coefficient (Wildman–Crippen LogP) is 1.48. The lowest BCUT2D eigenvalue weighted by molar-refractivity contribution is -0.119. The standard InChI is InChI=1S/C12H18Cl2N2O3S/c13-11(14)3-5-20(18,19)16-4-1-2-9(8-16)10-6-12(17)15-7-10/h3,9-10H,1-2,4-8H2,(H,15,17). The van der Waals surface area contributed by atoms with Crippen molar-refractivity contribution in [2.45, 2.75) is 19.3 Å². The quantitative estimate of drug-likeness (QED) is 0.842. The molecule has 0 bridgehead atoms. The molecule has 2 atom stereocenters. The summed E-state index contributed by atoms with van der Waals surface area (Å²) in [6.07, 6.45) is 3.60. The maximum Gasteiger partial charge on any atom is 0.220 e. The average molecular weight is 341 g/mol. The Kier molecular flexibility index (Phi) is 5.34. The Hall–Kier alpha value is -0.300. The van der Waals surface area contributed by atoms with Crippen molar-refractivity contribution < 1.29 is 13.2 Å². The first-order valence-corrected chi connectivity index (χ1v) is 9.00. The maximum absolute atomic E-state index is 12.2. The number of nitrogens with one attached hydrogen (secondary N) is 1. The number of hydrogen-bond donors (Lipinski definition) is 1. The fourth-order valence-electron chi connectivity index (χ4n) is 2.85. The van der Waals surface area contributed by atoms with Crippen LogP contribution in [0.15, 0.2) is 10.6 Å². The van der Waals surface area contributed by atoms with Gasteiger partial charge in [0.25, 0.3) is 0 Å². The third kappa shape index (κ3) is 4.10. The first-order valence-electron chi connectivity index (χ1n) is 6.64. The number of carbonyl (C=O) groups is 1. The van der Waals surface area contributed by atoms with Gasteiger partial charge in [0.15, 0.2) is 0 Å². The molecule has 2 rings (SSSR count). The molecule has 2 heterocycles. The zero-order valence-corrected chi connectivity index (χ0v) is 13.3. The third-order valence-corrected chi connectivity index (χ3v) is 5.95. The van der Waals surface area contributed by atoms with Gasteiger partial charge in [0.2, 0.25) is 15.9 Å². The van der Waals surface area contributed by atoms with Gasteiger partial charge in [-0.15, -0.1) is 0 Å². The van der Waals surface area contributed by atoms with Crippen LogP contribution >= 0.6 is 23.2 Å². The van der Waals surface area contributed by atoms with Gasteiger partial charge in [-0.25, -0.2) is 12.7 Å². The minimum absolute atomic E-state index is 0.0345. The molecule has 8 heteroatoms. The number of nitrogens with zero attached hydrogens (tertiary/aromatic N) is 1. The highest BCUT2D eigenvalue weighted by Crippen LogP contribution is 2.29. The number of sulfonamides is 1. The Balaban J connectivity index is 1.99. The van der Waals surface area contributed by atoms with E-state index in [1.807, 2.05) is 0 Å². The molecule has 20 heavy (non-hydrogen) atoms. The molecule has 2 unspecified atom stereocenters. The minimum atomic E-state index is -3.37. The van der Waals surface area contributed by atoms with Crippen molar-refractivity contribution in [1.82, 2.24) is 9.62 Å². The van der Waals surface area contributed by atoms with Gasteiger partial charge in [0, 0.05) is 26.1 Å². The number of piperidine rings is 1. The normalized spacial score (nSPS) is 28.2. The summed E-state index contributed by atoms with van der Waals surface area (Å²) in [6.45, 7) is 1.67. The van der Waals surface area contributed by atoms with E-state index < -0.39 is 10.0 Å². The van der Waals surface area contributed by atoms with Gasteiger partial charge in [0.1, 0.15) is 4.49 Å². The van der Waals surface area contributed by atoms with Crippen LogP contribution < -0.4 is 5.32 Å². The summed E-state index contributed by atoms with van der Waals surface area (Å²) >= 11 is 10.9. The van der Waals surface area contributed by atoms with Crippen LogP contribution in [0.4, 0.5) is 0 Å². The number of halogens is 2. The summed E-state index contributed by atoms with van der Waals surface area (Å²) < 4.78 is 25.9. The SMILES string of the molecule is O=C1CC(C2CCCN(S(=O)(=O)CC=C(Cl)Cl)C2)CN1. The Morgan fingerprint density at radius 1 is 1.40 bits per heavy atom. The average Bonchev–Trinajstić information content (AvgIpc) is 2.83. The summed E-state index contributed by atoms with van der Waals surface area (Å²) in [7, 11) is -3.37. The molecule has 0 aliphatic carbocycles. The predicted molar refractivity (Wildman–Crippen MR) is 79.0 cm³/mol. The fraction of sp³-hybridized carbons (Fsp3) is 0.750. The molecule has 2 saturated heterocycles. The zero-order chi connectivity index (χ0) is 14.8. The van der Waals surface area contributed by atoms with E-state index in [1.165, 1.54) is 10.4 Å². The summed E-state index contributed by atoms with van der Waals surface area (Å²) in [4.78, 5) is 11.3. The van der Waals surface area contributed by atoms with E-state index in [0.29, 0.717) is 26.1 Å². The molecule has 1 amide bonds. The highest BCUT2D eigenvalue weighted by atomic mass is 35.5. The molecule has 0 aromatic carbocycles. The Bertz CT molecular complexity index is 503. The molecule has 5 nitrogen and oxygen atoms in total. The van der Waals surface area contributed by atoms with Crippen molar-refractivity contribution in [2.75, 3.05) is 25.4 Å². The molecule has 114 valence electrons. The Morgan fingerprint density at radius 3 is 2.75 bits per heavy atom. The van der Waals surface area contributed by atoms with Crippen molar-refractivity contribution in [3.05, 3.63) is 10.6 Å². The lowest BCUT2D eigenvalue weighted by Crippen LogP contribution is -2.43. The first kappa shape index (κ1) is 16.1. The van der Waals surface area contributed by atoms with Crippen LogP contribution in [0, 0.1) is 11.8 Å². The molecular weight excluding hydrogens is 323 g/mol. The van der Waals surface area contributed by atoms with Gasteiger partial charge in [-0.3, -0.25) is 4.79 Å². The second kappa shape index (κ2) is 6.64. The second-order valence-corrected chi connectivity index (χ2v) is 8.32. The van der Waals surface area contributed by atoms with E-state index >= 15 is 0 Å². The van der Waals surface area contributed by atoms with Crippen LogP contribution in [0.2, 0.25) is 0 Å². The van der Waals surface area contributed by atoms with E-state index in [0.717, 1.165) is 12.8 Å². The highest BCUT2D eigenvalue weighted by molar-refractivity contribution is 7.89. The third-order valence-electron chi connectivity index (χ3n) is 3.94. The molecule has 1 N–H and O–H groups in total. The number of hydrogen-bond acceptors (Lipinski definition) is 3. The smallest absolute Gasteiger partial charge is 0.220 e. The van der Waals surface area contributed by atoms with Gasteiger partial charge in [-0.05, 0) is 30.8 Å². The van der Waals surface area contributed by atoms with Crippen molar-refractivity contribution in [2.24, 2.45) is 11.8 Å². The molecule has 0 saturated carbocycles. The molecule has 2 aliphatic rings. The van der Waals surface area contributed by atoms with Crippen LogP contribution in [0.3, 0.4) is 0 Å². The lowest BCUT2D eigenvalue weighted by Gasteiger charge is -2.34. The lowest BCUT2D eigenvalue weighted by atomic mass is 9.85. The molecule has 2 aliphatic heterocycles. The van der Waals surface area contributed by atoms with Gasteiger partial charge in [-0.2, -0.15) is 0 Å². The highest BCUT2D eigenvalue weighted by Gasteiger charge is 2.35. The molecule has 2 fully saturated rings. The monoisotopic (exact) mass is 340 g/mol. The van der Waals surface area contributed by atoms with Crippen LogP contribution in [-0.2, 0) is 14.8 Å². The maximum atomic E-state index is 12.2.